The van der Waals surface area contributed by atoms with Gasteiger partial charge in [-0.25, -0.2) is 9.59 Å². The van der Waals surface area contributed by atoms with Crippen molar-refractivity contribution in [3.05, 3.63) is 105 Å². The second-order valence-corrected chi connectivity index (χ2v) is 20.7. The van der Waals surface area contributed by atoms with Crippen LogP contribution in [0.15, 0.2) is 71.9 Å². The maximum atomic E-state index is 12.8. The van der Waals surface area contributed by atoms with E-state index in [9.17, 15) is 14.4 Å². The smallest absolute Gasteiger partial charge is 0.330 e. The van der Waals surface area contributed by atoms with Gasteiger partial charge >= 0.3 is 11.9 Å². The van der Waals surface area contributed by atoms with Crippen LogP contribution in [0.3, 0.4) is 0 Å². The first-order valence-corrected chi connectivity index (χ1v) is 22.3. The second kappa shape index (κ2) is 17.2. The van der Waals surface area contributed by atoms with Crippen molar-refractivity contribution >= 4 is 46.4 Å². The summed E-state index contributed by atoms with van der Waals surface area (Å²) in [5.74, 6) is -0.108. The molecule has 6 rings (SSSR count). The minimum absolute atomic E-state index is 0.0255. The maximum absolute atomic E-state index is 12.8. The molecular weight excluding hydrogens is 765 g/mol. The monoisotopic (exact) mass is 835 g/mol. The number of carboxylic acids is 1. The number of carbonyl (C=O) groups excluding carboxylic acids is 2. The first-order chi connectivity index (χ1) is 27.8. The Morgan fingerprint density at radius 1 is 0.750 bits per heavy atom. The Bertz CT molecular complexity index is 2190. The van der Waals surface area contributed by atoms with E-state index in [1.807, 2.05) is 37.8 Å². The number of thiocarbonyl (C=S) groups is 1. The Morgan fingerprint density at radius 2 is 1.18 bits per heavy atom. The highest BCUT2D eigenvalue weighted by Crippen LogP contribution is 2.59. The molecule has 2 aliphatic carbocycles. The first-order valence-electron chi connectivity index (χ1n) is 21.9. The van der Waals surface area contributed by atoms with Gasteiger partial charge in [0.15, 0.2) is 0 Å². The number of rotatable bonds is 11. The van der Waals surface area contributed by atoms with Crippen LogP contribution in [0.4, 0.5) is 11.4 Å². The van der Waals surface area contributed by atoms with Crippen LogP contribution >= 0.6 is 12.2 Å². The number of hydrogen-bond acceptors (Lipinski definition) is 5. The molecular formula is C52H70N2O5S. The van der Waals surface area contributed by atoms with E-state index >= 15 is 0 Å². The third-order valence-electron chi connectivity index (χ3n) is 13.4. The number of aliphatic carboxylic acids is 1. The molecule has 0 radical (unpaired) electrons. The lowest BCUT2D eigenvalue weighted by atomic mass is 9.74. The zero-order valence-electron chi connectivity index (χ0n) is 39.0. The number of benzene rings is 2. The highest BCUT2D eigenvalue weighted by atomic mass is 32.1. The molecule has 0 saturated heterocycles. The van der Waals surface area contributed by atoms with Gasteiger partial charge in [0.25, 0.3) is 0 Å². The van der Waals surface area contributed by atoms with Crippen molar-refractivity contribution in [1.29, 1.82) is 0 Å². The van der Waals surface area contributed by atoms with Crippen LogP contribution in [-0.2, 0) is 40.8 Å². The number of ether oxygens (including phenoxy) is 1. The lowest BCUT2D eigenvalue weighted by molar-refractivity contribution is -0.137. The van der Waals surface area contributed by atoms with E-state index in [-0.39, 0.29) is 39.6 Å². The van der Waals surface area contributed by atoms with Gasteiger partial charge in [0, 0.05) is 53.9 Å². The summed E-state index contributed by atoms with van der Waals surface area (Å²) in [5.41, 5.74) is 12.1. The molecule has 1 N–H and O–H groups in total. The third kappa shape index (κ3) is 9.59. The van der Waals surface area contributed by atoms with E-state index in [0.717, 1.165) is 41.1 Å². The van der Waals surface area contributed by atoms with Crippen LogP contribution < -0.4 is 9.80 Å². The fraction of sp³-hybridized carbons (Fsp3) is 0.538. The summed E-state index contributed by atoms with van der Waals surface area (Å²) < 4.78 is 4.99. The van der Waals surface area contributed by atoms with Crippen LogP contribution in [0.2, 0.25) is 0 Å². The first kappa shape index (κ1) is 46.8. The van der Waals surface area contributed by atoms with Crippen molar-refractivity contribution in [2.45, 2.75) is 163 Å². The number of anilines is 2. The number of hydrogen-bond donors (Lipinski definition) is 1. The zero-order chi connectivity index (χ0) is 44.9. The van der Waals surface area contributed by atoms with E-state index < -0.39 is 5.97 Å². The van der Waals surface area contributed by atoms with E-state index in [2.05, 4.69) is 124 Å². The van der Waals surface area contributed by atoms with Gasteiger partial charge in [0.1, 0.15) is 0 Å². The third-order valence-corrected chi connectivity index (χ3v) is 13.8. The van der Waals surface area contributed by atoms with Crippen LogP contribution in [-0.4, -0.2) is 46.6 Å². The average Bonchev–Trinajstić information content (AvgIpc) is 3.98. The van der Waals surface area contributed by atoms with Crippen LogP contribution in [0.5, 0.6) is 0 Å². The number of amides is 1. The molecule has 0 spiro atoms. The quantitative estimate of drug-likeness (QED) is 0.104. The Balaban J connectivity index is 0.000000228. The molecule has 2 saturated carbocycles. The molecule has 0 bridgehead atoms. The summed E-state index contributed by atoms with van der Waals surface area (Å²) in [4.78, 5) is 40.6. The molecule has 2 aromatic rings. The fourth-order valence-corrected chi connectivity index (χ4v) is 10.5. The summed E-state index contributed by atoms with van der Waals surface area (Å²) in [6, 6.07) is 9.84. The standard InChI is InChI=1S/C27H37NO3.C25H33NO2S/c1-9-31-25(30)12-18(4)10-11-20-15-27(20,8)21-14-22-23(13-19(21)5)28(17(2)3)24(29)16-26(22,6)7;1-15(2)26-21-11-17(4)19(12-20(21)24(5,6)14-22(26)29)25(7)13-18(25)9-8-16(3)10-23(27)28/h10-14,17,20H,9,15-16H2,1-8H3;8-12,15,18H,13-14H2,1-7H3,(H,27,28)/b11-10+,18-12+;9-8+,16-10+/t20?,27-;18?,25-/m00/s1. The summed E-state index contributed by atoms with van der Waals surface area (Å²) in [7, 11) is 0. The van der Waals surface area contributed by atoms with Crippen LogP contribution in [0.25, 0.3) is 0 Å². The number of nitrogens with zero attached hydrogens (tertiary/aromatic N) is 2. The van der Waals surface area contributed by atoms with Gasteiger partial charge in [-0.3, -0.25) is 4.79 Å². The number of carbonyl (C=O) groups is 3. The molecule has 4 atom stereocenters. The molecule has 324 valence electrons. The number of allylic oxidation sites excluding steroid dienone is 6. The Morgan fingerprint density at radius 3 is 1.62 bits per heavy atom. The molecule has 60 heavy (non-hydrogen) atoms. The van der Waals surface area contributed by atoms with Gasteiger partial charge in [-0.1, -0.05) is 90.2 Å². The lowest BCUT2D eigenvalue weighted by Gasteiger charge is -2.43. The van der Waals surface area contributed by atoms with E-state index in [1.54, 1.807) is 6.08 Å². The van der Waals surface area contributed by atoms with Gasteiger partial charge in [-0.2, -0.15) is 0 Å². The van der Waals surface area contributed by atoms with E-state index in [1.165, 1.54) is 45.1 Å². The van der Waals surface area contributed by atoms with Gasteiger partial charge < -0.3 is 19.6 Å². The fourth-order valence-electron chi connectivity index (χ4n) is 9.79. The predicted molar refractivity (Wildman–Crippen MR) is 251 cm³/mol. The van der Waals surface area contributed by atoms with Crippen molar-refractivity contribution < 1.29 is 24.2 Å². The molecule has 8 heteroatoms. The number of carboxylic acid groups (broad SMARTS) is 1. The normalized spacial score (nSPS) is 25.7. The van der Waals surface area contributed by atoms with Gasteiger partial charge in [-0.05, 0) is 160 Å². The average molecular weight is 835 g/mol. The van der Waals surface area contributed by atoms with Crippen LogP contribution in [0.1, 0.15) is 149 Å². The summed E-state index contributed by atoms with van der Waals surface area (Å²) in [6.45, 7) is 32.5. The van der Waals surface area contributed by atoms with Gasteiger partial charge in [0.05, 0.1) is 11.6 Å². The maximum Gasteiger partial charge on any atom is 0.330 e. The van der Waals surface area contributed by atoms with Gasteiger partial charge in [0.2, 0.25) is 5.91 Å². The number of aryl methyl sites for hydroxylation is 2. The number of esters is 1. The lowest BCUT2D eigenvalue weighted by Crippen LogP contribution is -2.45. The Hall–Kier alpha value is -4.30. The largest absolute Gasteiger partial charge is 0.478 e. The molecule has 2 unspecified atom stereocenters. The van der Waals surface area contributed by atoms with Crippen molar-refractivity contribution in [1.82, 2.24) is 0 Å². The predicted octanol–water partition coefficient (Wildman–Crippen LogP) is 11.8. The zero-order valence-corrected chi connectivity index (χ0v) is 39.8. The molecule has 2 aliphatic heterocycles. The van der Waals surface area contributed by atoms with Crippen molar-refractivity contribution in [2.24, 2.45) is 11.8 Å². The SMILES string of the molecule is CC(/C=C/C1C[C@]1(C)c1cc2c(cc1C)N(C(C)C)C(=S)CC2(C)C)=C\C(=O)O.CCOC(=O)/C=C(C)/C=C/C1C[C@]1(C)c1cc2c(cc1C)N(C(C)C)C(=O)CC2(C)C. The molecule has 2 fully saturated rings. The molecule has 2 aromatic carbocycles. The minimum Gasteiger partial charge on any atom is -0.478 e. The molecule has 4 aliphatic rings. The van der Waals surface area contributed by atoms with E-state index in [4.69, 9.17) is 22.1 Å². The molecule has 2 heterocycles. The van der Waals surface area contributed by atoms with E-state index in [0.29, 0.717) is 30.9 Å². The highest BCUT2D eigenvalue weighted by Gasteiger charge is 2.52. The summed E-state index contributed by atoms with van der Waals surface area (Å²) in [5, 5.41) is 8.90. The number of fused-ring (bicyclic) bond motifs is 2. The highest BCUT2D eigenvalue weighted by molar-refractivity contribution is 7.80. The molecule has 0 aromatic heterocycles. The molecule has 1 amide bonds. The Labute approximate surface area is 366 Å². The van der Waals surface area contributed by atoms with Crippen molar-refractivity contribution in [3.8, 4) is 0 Å². The second-order valence-electron chi connectivity index (χ2n) is 20.2. The van der Waals surface area contributed by atoms with Crippen molar-refractivity contribution in [2.75, 3.05) is 16.4 Å². The Kier molecular flexibility index (Phi) is 13.4. The minimum atomic E-state index is -0.897. The topological polar surface area (TPSA) is 87.2 Å². The molecule has 7 nitrogen and oxygen atoms in total. The van der Waals surface area contributed by atoms with Gasteiger partial charge in [-0.15, -0.1) is 0 Å². The summed E-state index contributed by atoms with van der Waals surface area (Å²) in [6.07, 6.45) is 14.8. The van der Waals surface area contributed by atoms with Crippen molar-refractivity contribution in [3.63, 3.8) is 0 Å². The van der Waals surface area contributed by atoms with Crippen LogP contribution in [0, 0.1) is 25.7 Å². The summed E-state index contributed by atoms with van der Waals surface area (Å²) >= 11 is 5.77.